The molecule has 2 amide bonds. The van der Waals surface area contributed by atoms with Gasteiger partial charge in [0.25, 0.3) is 11.6 Å². The minimum absolute atomic E-state index is 0.138. The number of benzene rings is 1. The van der Waals surface area contributed by atoms with Crippen LogP contribution in [0.25, 0.3) is 0 Å². The number of anilines is 1. The highest BCUT2D eigenvalue weighted by Gasteiger charge is 2.23. The number of carbonyl (C=O) groups excluding carboxylic acids is 2. The number of halogens is 1. The number of piperazine rings is 1. The van der Waals surface area contributed by atoms with Crippen LogP contribution in [0.15, 0.2) is 41.1 Å². The van der Waals surface area contributed by atoms with Crippen LogP contribution in [0.2, 0.25) is 0 Å². The molecule has 0 bridgehead atoms. The highest BCUT2D eigenvalue weighted by molar-refractivity contribution is 9.10. The average Bonchev–Trinajstić information content (AvgIpc) is 2.72. The summed E-state index contributed by atoms with van der Waals surface area (Å²) in [6.07, 6.45) is 3.34. The molecule has 0 aliphatic carbocycles. The molecule has 146 valence electrons. The third-order valence-corrected chi connectivity index (χ3v) is 4.65. The molecule has 0 saturated carbocycles. The van der Waals surface area contributed by atoms with E-state index >= 15 is 0 Å². The number of nitrogens with one attached hydrogen (secondary N) is 1. The maximum Gasteiger partial charge on any atom is 0.270 e. The normalized spacial score (nSPS) is 13.9. The Balaban J connectivity index is 1.49. The van der Waals surface area contributed by atoms with Crippen LogP contribution < -0.4 is 10.2 Å². The molecule has 1 aliphatic rings. The number of non-ortho nitro benzene ring substituents is 1. The molecule has 1 N–H and O–H groups in total. The van der Waals surface area contributed by atoms with Gasteiger partial charge in [-0.15, -0.1) is 0 Å². The molecule has 2 heterocycles. The highest BCUT2D eigenvalue weighted by atomic mass is 79.9. The Hall–Kier alpha value is -3.08. The van der Waals surface area contributed by atoms with Gasteiger partial charge in [-0.1, -0.05) is 6.07 Å². The molecular formula is C17H17BrN6O4. The first-order chi connectivity index (χ1) is 13.4. The summed E-state index contributed by atoms with van der Waals surface area (Å²) < 4.78 is 0.796. The smallest absolute Gasteiger partial charge is 0.270 e. The molecule has 1 fully saturated rings. The molecule has 1 aromatic carbocycles. The minimum Gasteiger partial charge on any atom is -0.343 e. The van der Waals surface area contributed by atoms with Crippen molar-refractivity contribution in [3.05, 3.63) is 56.8 Å². The van der Waals surface area contributed by atoms with Crippen molar-refractivity contribution in [2.75, 3.05) is 37.6 Å². The van der Waals surface area contributed by atoms with Crippen LogP contribution in [0.4, 0.5) is 11.6 Å². The van der Waals surface area contributed by atoms with E-state index in [0.717, 1.165) is 4.47 Å². The fourth-order valence-corrected chi connectivity index (χ4v) is 2.96. The van der Waals surface area contributed by atoms with Crippen LogP contribution in [-0.4, -0.2) is 64.3 Å². The Kier molecular flexibility index (Phi) is 6.14. The summed E-state index contributed by atoms with van der Waals surface area (Å²) in [5.74, 6) is -0.136. The second-order valence-electron chi connectivity index (χ2n) is 6.06. The highest BCUT2D eigenvalue weighted by Crippen LogP contribution is 2.14. The van der Waals surface area contributed by atoms with Crippen LogP contribution in [0, 0.1) is 10.1 Å². The van der Waals surface area contributed by atoms with Gasteiger partial charge >= 0.3 is 0 Å². The molecule has 0 atom stereocenters. The summed E-state index contributed by atoms with van der Waals surface area (Å²) in [5.41, 5.74) is -0.0375. The van der Waals surface area contributed by atoms with Crippen molar-refractivity contribution in [1.82, 2.24) is 20.2 Å². The number of nitrogens with zero attached hydrogens (tertiary/aromatic N) is 5. The van der Waals surface area contributed by atoms with Gasteiger partial charge in [-0.05, 0) is 22.0 Å². The zero-order valence-electron chi connectivity index (χ0n) is 14.7. The largest absolute Gasteiger partial charge is 0.343 e. The van der Waals surface area contributed by atoms with E-state index in [9.17, 15) is 19.7 Å². The van der Waals surface area contributed by atoms with Crippen molar-refractivity contribution >= 4 is 39.4 Å². The van der Waals surface area contributed by atoms with Crippen molar-refractivity contribution in [3.8, 4) is 0 Å². The molecule has 1 aliphatic heterocycles. The van der Waals surface area contributed by atoms with Gasteiger partial charge in [-0.2, -0.15) is 0 Å². The van der Waals surface area contributed by atoms with Crippen molar-refractivity contribution in [2.45, 2.75) is 0 Å². The van der Waals surface area contributed by atoms with Gasteiger partial charge in [-0.25, -0.2) is 9.97 Å². The van der Waals surface area contributed by atoms with E-state index in [2.05, 4.69) is 31.2 Å². The van der Waals surface area contributed by atoms with Gasteiger partial charge in [0.2, 0.25) is 11.9 Å². The van der Waals surface area contributed by atoms with Crippen molar-refractivity contribution in [2.24, 2.45) is 0 Å². The van der Waals surface area contributed by atoms with E-state index in [0.29, 0.717) is 32.1 Å². The molecule has 0 radical (unpaired) electrons. The molecule has 0 unspecified atom stereocenters. The van der Waals surface area contributed by atoms with Crippen LogP contribution in [0.1, 0.15) is 10.4 Å². The Labute approximate surface area is 168 Å². The number of rotatable bonds is 5. The zero-order chi connectivity index (χ0) is 20.1. The summed E-state index contributed by atoms with van der Waals surface area (Å²) in [5, 5.41) is 13.3. The first kappa shape index (κ1) is 19.7. The van der Waals surface area contributed by atoms with Gasteiger partial charge in [0.05, 0.1) is 15.9 Å². The second kappa shape index (κ2) is 8.74. The predicted molar refractivity (Wildman–Crippen MR) is 104 cm³/mol. The summed E-state index contributed by atoms with van der Waals surface area (Å²) in [4.78, 5) is 46.8. The van der Waals surface area contributed by atoms with Gasteiger partial charge in [-0.3, -0.25) is 19.7 Å². The van der Waals surface area contributed by atoms with Crippen LogP contribution in [0.3, 0.4) is 0 Å². The summed E-state index contributed by atoms with van der Waals surface area (Å²) in [7, 11) is 0. The van der Waals surface area contributed by atoms with Gasteiger partial charge < -0.3 is 15.1 Å². The molecule has 10 nitrogen and oxygen atoms in total. The van der Waals surface area contributed by atoms with Crippen LogP contribution in [0.5, 0.6) is 0 Å². The number of aromatic nitrogens is 2. The first-order valence-electron chi connectivity index (χ1n) is 8.47. The standard InChI is InChI=1S/C17H17BrN6O4/c18-13-9-20-17(21-10-13)23-6-4-22(5-7-23)15(25)11-19-16(26)12-2-1-3-14(8-12)24(27)28/h1-3,8-10H,4-7,11H2,(H,19,26). The number of nitro groups is 1. The number of amides is 2. The topological polar surface area (TPSA) is 122 Å². The molecule has 2 aromatic rings. The quantitative estimate of drug-likeness (QED) is 0.538. The van der Waals surface area contributed by atoms with Gasteiger partial charge in [0, 0.05) is 56.3 Å². The zero-order valence-corrected chi connectivity index (χ0v) is 16.3. The summed E-state index contributed by atoms with van der Waals surface area (Å²) in [6.45, 7) is 1.99. The molecule has 1 aromatic heterocycles. The second-order valence-corrected chi connectivity index (χ2v) is 6.97. The maximum atomic E-state index is 12.3. The lowest BCUT2D eigenvalue weighted by Gasteiger charge is -2.34. The Morgan fingerprint density at radius 2 is 1.86 bits per heavy atom. The van der Waals surface area contributed by atoms with Gasteiger partial charge in [0.1, 0.15) is 0 Å². The van der Waals surface area contributed by atoms with E-state index in [-0.39, 0.29) is 23.7 Å². The maximum absolute atomic E-state index is 12.3. The molecule has 1 saturated heterocycles. The Morgan fingerprint density at radius 3 is 2.50 bits per heavy atom. The fraction of sp³-hybridized carbons (Fsp3) is 0.294. The van der Waals surface area contributed by atoms with Crippen molar-refractivity contribution in [3.63, 3.8) is 0 Å². The van der Waals surface area contributed by atoms with Crippen LogP contribution >= 0.6 is 15.9 Å². The number of hydrogen-bond acceptors (Lipinski definition) is 7. The number of nitro benzene ring substituents is 1. The fourth-order valence-electron chi connectivity index (χ4n) is 2.76. The molecular weight excluding hydrogens is 432 g/mol. The third kappa shape index (κ3) is 4.80. The van der Waals surface area contributed by atoms with Crippen molar-refractivity contribution < 1.29 is 14.5 Å². The molecule has 0 spiro atoms. The third-order valence-electron chi connectivity index (χ3n) is 4.24. The molecule has 11 heteroatoms. The van der Waals surface area contributed by atoms with E-state index < -0.39 is 10.8 Å². The number of carbonyl (C=O) groups is 2. The van der Waals surface area contributed by atoms with Crippen LogP contribution in [-0.2, 0) is 4.79 Å². The lowest BCUT2D eigenvalue weighted by molar-refractivity contribution is -0.384. The Bertz CT molecular complexity index is 883. The number of hydrogen-bond donors (Lipinski definition) is 1. The monoisotopic (exact) mass is 448 g/mol. The molecule has 3 rings (SSSR count). The van der Waals surface area contributed by atoms with E-state index in [1.54, 1.807) is 17.3 Å². The SMILES string of the molecule is O=C(NCC(=O)N1CCN(c2ncc(Br)cn2)CC1)c1cccc([N+](=O)[O-])c1. The van der Waals surface area contributed by atoms with Crippen molar-refractivity contribution in [1.29, 1.82) is 0 Å². The van der Waals surface area contributed by atoms with E-state index in [1.165, 1.54) is 24.3 Å². The van der Waals surface area contributed by atoms with E-state index in [1.807, 2.05) is 4.90 Å². The lowest BCUT2D eigenvalue weighted by Crippen LogP contribution is -2.51. The van der Waals surface area contributed by atoms with Gasteiger partial charge in [0.15, 0.2) is 0 Å². The summed E-state index contributed by atoms with van der Waals surface area (Å²) in [6, 6.07) is 5.37. The predicted octanol–water partition coefficient (Wildman–Crippen LogP) is 1.23. The minimum atomic E-state index is -0.573. The lowest BCUT2D eigenvalue weighted by atomic mass is 10.2. The average molecular weight is 449 g/mol. The Morgan fingerprint density at radius 1 is 1.18 bits per heavy atom. The summed E-state index contributed by atoms with van der Waals surface area (Å²) >= 11 is 3.29. The first-order valence-corrected chi connectivity index (χ1v) is 9.26. The van der Waals surface area contributed by atoms with E-state index in [4.69, 9.17) is 0 Å². The molecule has 28 heavy (non-hydrogen) atoms.